The molecule has 0 bridgehead atoms. The molecule has 1 amide bonds. The van der Waals surface area contributed by atoms with Gasteiger partial charge in [-0.05, 0) is 54.7 Å². The van der Waals surface area contributed by atoms with E-state index < -0.39 is 0 Å². The van der Waals surface area contributed by atoms with Crippen LogP contribution in [0.1, 0.15) is 41.6 Å². The first-order valence-electron chi connectivity index (χ1n) is 8.31. The van der Waals surface area contributed by atoms with E-state index in [2.05, 4.69) is 0 Å². The van der Waals surface area contributed by atoms with Gasteiger partial charge in [0.15, 0.2) is 0 Å². The second-order valence-electron chi connectivity index (χ2n) is 6.25. The smallest absolute Gasteiger partial charge is 0.253 e. The van der Waals surface area contributed by atoms with Crippen molar-refractivity contribution in [2.24, 2.45) is 0 Å². The molecule has 1 aliphatic heterocycles. The third kappa shape index (κ3) is 3.61. The summed E-state index contributed by atoms with van der Waals surface area (Å²) in [4.78, 5) is 14.7. The van der Waals surface area contributed by atoms with Gasteiger partial charge in [0.05, 0.1) is 0 Å². The number of carbonyl (C=O) groups excluding carboxylic acids is 1. The van der Waals surface area contributed by atoms with Crippen LogP contribution in [0.5, 0.6) is 0 Å². The fourth-order valence-corrected chi connectivity index (χ4v) is 3.06. The second-order valence-corrected chi connectivity index (χ2v) is 6.25. The van der Waals surface area contributed by atoms with E-state index in [-0.39, 0.29) is 11.7 Å². The van der Waals surface area contributed by atoms with Gasteiger partial charge in [-0.2, -0.15) is 0 Å². The van der Waals surface area contributed by atoms with Crippen molar-refractivity contribution >= 4 is 5.91 Å². The molecule has 0 saturated carbocycles. The maximum absolute atomic E-state index is 13.8. The lowest BCUT2D eigenvalue weighted by Gasteiger charge is -2.20. The molecule has 0 radical (unpaired) electrons. The maximum Gasteiger partial charge on any atom is 0.253 e. The molecule has 0 spiro atoms. The van der Waals surface area contributed by atoms with Crippen LogP contribution in [0.3, 0.4) is 0 Å². The van der Waals surface area contributed by atoms with Gasteiger partial charge in [-0.15, -0.1) is 0 Å². The van der Waals surface area contributed by atoms with Crippen molar-refractivity contribution in [3.63, 3.8) is 0 Å². The Labute approximate surface area is 136 Å². The van der Waals surface area contributed by atoms with Gasteiger partial charge in [0.25, 0.3) is 5.91 Å². The van der Waals surface area contributed by atoms with Crippen LogP contribution in [-0.4, -0.2) is 23.9 Å². The highest BCUT2D eigenvalue weighted by Crippen LogP contribution is 2.24. The average Bonchev–Trinajstić information content (AvgIpc) is 2.86. The largest absolute Gasteiger partial charge is 0.339 e. The molecule has 3 heteroatoms. The minimum atomic E-state index is -0.216. The van der Waals surface area contributed by atoms with Gasteiger partial charge in [-0.25, -0.2) is 4.39 Å². The molecule has 23 heavy (non-hydrogen) atoms. The minimum absolute atomic E-state index is 0.0846. The molecule has 0 N–H and O–H groups in total. The molecule has 0 aromatic heterocycles. The monoisotopic (exact) mass is 311 g/mol. The first-order valence-corrected chi connectivity index (χ1v) is 8.31. The number of aryl methyl sites for hydroxylation is 1. The summed E-state index contributed by atoms with van der Waals surface area (Å²) in [6.07, 6.45) is 4.56. The summed E-state index contributed by atoms with van der Waals surface area (Å²) in [6.45, 7) is 3.42. The Balaban J connectivity index is 1.86. The predicted molar refractivity (Wildman–Crippen MR) is 90.9 cm³/mol. The van der Waals surface area contributed by atoms with Crippen LogP contribution in [-0.2, 0) is 0 Å². The Morgan fingerprint density at radius 3 is 2.35 bits per heavy atom. The zero-order valence-corrected chi connectivity index (χ0v) is 13.5. The first-order chi connectivity index (χ1) is 11.1. The summed E-state index contributed by atoms with van der Waals surface area (Å²) in [7, 11) is 0. The lowest BCUT2D eigenvalue weighted by molar-refractivity contribution is 0.0761. The average molecular weight is 311 g/mol. The molecule has 2 nitrogen and oxygen atoms in total. The van der Waals surface area contributed by atoms with Crippen LogP contribution < -0.4 is 0 Å². The molecule has 1 aliphatic rings. The lowest BCUT2D eigenvalue weighted by atomic mass is 10.0. The Hall–Kier alpha value is -2.16. The van der Waals surface area contributed by atoms with Crippen molar-refractivity contribution in [1.82, 2.24) is 4.90 Å². The molecule has 1 fully saturated rings. The second kappa shape index (κ2) is 6.95. The van der Waals surface area contributed by atoms with Gasteiger partial charge in [0.2, 0.25) is 0 Å². The van der Waals surface area contributed by atoms with Gasteiger partial charge in [-0.1, -0.05) is 37.1 Å². The molecular weight excluding hydrogens is 289 g/mol. The minimum Gasteiger partial charge on any atom is -0.339 e. The molecule has 2 aromatic carbocycles. The van der Waals surface area contributed by atoms with Gasteiger partial charge in [-0.3, -0.25) is 4.79 Å². The van der Waals surface area contributed by atoms with Crippen molar-refractivity contribution < 1.29 is 9.18 Å². The highest BCUT2D eigenvalue weighted by molar-refractivity contribution is 5.95. The first kappa shape index (κ1) is 15.7. The summed E-state index contributed by atoms with van der Waals surface area (Å²) < 4.78 is 13.8. The highest BCUT2D eigenvalue weighted by Gasteiger charge is 2.17. The van der Waals surface area contributed by atoms with E-state index in [0.717, 1.165) is 37.1 Å². The van der Waals surface area contributed by atoms with Crippen molar-refractivity contribution in [1.29, 1.82) is 0 Å². The quantitative estimate of drug-likeness (QED) is 0.779. The van der Waals surface area contributed by atoms with E-state index in [1.54, 1.807) is 13.0 Å². The van der Waals surface area contributed by atoms with Crippen molar-refractivity contribution in [3.8, 4) is 11.1 Å². The van der Waals surface area contributed by atoms with Crippen molar-refractivity contribution in [2.45, 2.75) is 32.6 Å². The Morgan fingerprint density at radius 1 is 0.957 bits per heavy atom. The fraction of sp³-hybridized carbons (Fsp3) is 0.350. The number of amides is 1. The Morgan fingerprint density at radius 2 is 1.65 bits per heavy atom. The molecule has 1 heterocycles. The number of hydrogen-bond donors (Lipinski definition) is 0. The van der Waals surface area contributed by atoms with Crippen molar-refractivity contribution in [3.05, 3.63) is 59.4 Å². The Kier molecular flexibility index (Phi) is 4.75. The maximum atomic E-state index is 13.8. The fourth-order valence-electron chi connectivity index (χ4n) is 3.06. The molecule has 120 valence electrons. The van der Waals surface area contributed by atoms with E-state index in [9.17, 15) is 9.18 Å². The van der Waals surface area contributed by atoms with E-state index >= 15 is 0 Å². The van der Waals surface area contributed by atoms with E-state index in [4.69, 9.17) is 0 Å². The predicted octanol–water partition coefficient (Wildman–Crippen LogP) is 4.82. The summed E-state index contributed by atoms with van der Waals surface area (Å²) >= 11 is 0. The Bertz CT molecular complexity index is 703. The van der Waals surface area contributed by atoms with Crippen LogP contribution in [0.25, 0.3) is 11.1 Å². The summed E-state index contributed by atoms with van der Waals surface area (Å²) in [5, 5.41) is 0. The number of halogens is 1. The van der Waals surface area contributed by atoms with Crippen molar-refractivity contribution in [2.75, 3.05) is 13.1 Å². The highest BCUT2D eigenvalue weighted by atomic mass is 19.1. The topological polar surface area (TPSA) is 20.3 Å². The third-order valence-electron chi connectivity index (χ3n) is 4.51. The van der Waals surface area contributed by atoms with Gasteiger partial charge < -0.3 is 4.90 Å². The number of rotatable bonds is 2. The van der Waals surface area contributed by atoms with E-state index in [1.807, 2.05) is 35.2 Å². The molecule has 0 unspecified atom stereocenters. The molecule has 0 atom stereocenters. The van der Waals surface area contributed by atoms with Gasteiger partial charge >= 0.3 is 0 Å². The normalized spacial score (nSPS) is 15.3. The molecule has 0 aliphatic carbocycles. The number of benzene rings is 2. The lowest BCUT2D eigenvalue weighted by Crippen LogP contribution is -2.31. The molecule has 1 saturated heterocycles. The molecule has 3 rings (SSSR count). The van der Waals surface area contributed by atoms with Gasteiger partial charge in [0.1, 0.15) is 5.82 Å². The number of carbonyl (C=O) groups is 1. The zero-order chi connectivity index (χ0) is 16.2. The van der Waals surface area contributed by atoms with Crippen LogP contribution in [0.2, 0.25) is 0 Å². The standard InChI is InChI=1S/C20H22FNO/c1-15-9-10-17(14-19(15)21)16-7-6-8-18(13-16)20(23)22-11-4-2-3-5-12-22/h6-10,13-14H,2-5,11-12H2,1H3. The van der Waals surface area contributed by atoms with E-state index in [1.165, 1.54) is 18.9 Å². The zero-order valence-electron chi connectivity index (χ0n) is 13.5. The van der Waals surface area contributed by atoms with E-state index in [0.29, 0.717) is 11.1 Å². The number of hydrogen-bond acceptors (Lipinski definition) is 1. The molecular formula is C20H22FNO. The van der Waals surface area contributed by atoms with Gasteiger partial charge in [0, 0.05) is 18.7 Å². The van der Waals surface area contributed by atoms with Crippen LogP contribution in [0.4, 0.5) is 4.39 Å². The number of nitrogens with zero attached hydrogens (tertiary/aromatic N) is 1. The third-order valence-corrected chi connectivity index (χ3v) is 4.51. The van der Waals surface area contributed by atoms with Crippen LogP contribution in [0.15, 0.2) is 42.5 Å². The molecule has 2 aromatic rings. The van der Waals surface area contributed by atoms with Crippen LogP contribution in [0, 0.1) is 12.7 Å². The summed E-state index contributed by atoms with van der Waals surface area (Å²) in [5.41, 5.74) is 3.00. The van der Waals surface area contributed by atoms with Crippen LogP contribution >= 0.6 is 0 Å². The summed E-state index contributed by atoms with van der Waals surface area (Å²) in [6, 6.07) is 12.7. The number of likely N-dealkylation sites (tertiary alicyclic amines) is 1. The SMILES string of the molecule is Cc1ccc(-c2cccc(C(=O)N3CCCCCC3)c2)cc1F. The summed E-state index contributed by atoms with van der Waals surface area (Å²) in [5.74, 6) is -0.131.